The fraction of sp³-hybridized carbons (Fsp3) is 0.500. The molecule has 0 radical (unpaired) electrons. The molecule has 6 nitrogen and oxygen atoms in total. The van der Waals surface area contributed by atoms with Crippen molar-refractivity contribution < 1.29 is 19.1 Å². The highest BCUT2D eigenvalue weighted by Crippen LogP contribution is 2.21. The minimum atomic E-state index is -0.502. The number of ether oxygens (including phenoxy) is 2. The largest absolute Gasteiger partial charge is 0.497 e. The number of methoxy groups -OCH3 is 1. The van der Waals surface area contributed by atoms with E-state index in [2.05, 4.69) is 5.32 Å². The van der Waals surface area contributed by atoms with Crippen molar-refractivity contribution in [3.63, 3.8) is 0 Å². The minimum absolute atomic E-state index is 0.0382. The molecule has 0 aliphatic heterocycles. The predicted octanol–water partition coefficient (Wildman–Crippen LogP) is 5.03. The number of hydrogen-bond donors (Lipinski definition) is 1. The van der Waals surface area contributed by atoms with Crippen LogP contribution in [0.3, 0.4) is 0 Å². The second-order valence-electron chi connectivity index (χ2n) is 9.05. The molecule has 0 heterocycles. The molecule has 0 aromatic heterocycles. The van der Waals surface area contributed by atoms with Crippen molar-refractivity contribution in [2.75, 3.05) is 13.7 Å². The lowest BCUT2D eigenvalue weighted by atomic mass is 10.1. The van der Waals surface area contributed by atoms with E-state index in [0.717, 1.165) is 42.7 Å². The summed E-state index contributed by atoms with van der Waals surface area (Å²) in [4.78, 5) is 28.3. The van der Waals surface area contributed by atoms with Gasteiger partial charge in [0.1, 0.15) is 17.5 Å². The van der Waals surface area contributed by atoms with Crippen molar-refractivity contribution in [3.8, 4) is 11.5 Å². The number of nitrogens with zero attached hydrogens (tertiary/aromatic N) is 1. The third-order valence-electron chi connectivity index (χ3n) is 6.40. The van der Waals surface area contributed by atoms with Crippen molar-refractivity contribution in [2.24, 2.45) is 0 Å². The second-order valence-corrected chi connectivity index (χ2v) is 9.05. The number of aryl methyl sites for hydroxylation is 1. The Balaban J connectivity index is 1.66. The zero-order valence-corrected chi connectivity index (χ0v) is 20.7. The van der Waals surface area contributed by atoms with Crippen LogP contribution in [0.25, 0.3) is 0 Å². The SMILES string of the molecule is CC[C@H](C(=O)NC1CCCC1)N(Cc1cccc(OC)c1)C(=O)CCCOc1ccc(C)cc1. The summed E-state index contributed by atoms with van der Waals surface area (Å²) in [6.45, 7) is 4.82. The number of hydrogen-bond acceptors (Lipinski definition) is 4. The molecule has 0 bridgehead atoms. The molecule has 0 saturated heterocycles. The zero-order chi connectivity index (χ0) is 24.3. The van der Waals surface area contributed by atoms with E-state index in [4.69, 9.17) is 9.47 Å². The van der Waals surface area contributed by atoms with Crippen LogP contribution < -0.4 is 14.8 Å². The molecule has 1 aliphatic rings. The average molecular weight is 467 g/mol. The van der Waals surface area contributed by atoms with Crippen molar-refractivity contribution in [3.05, 3.63) is 59.7 Å². The summed E-state index contributed by atoms with van der Waals surface area (Å²) in [7, 11) is 1.62. The Kier molecular flexibility index (Phi) is 9.80. The van der Waals surface area contributed by atoms with E-state index in [9.17, 15) is 9.59 Å². The van der Waals surface area contributed by atoms with Gasteiger partial charge in [-0.1, -0.05) is 49.6 Å². The first-order valence-electron chi connectivity index (χ1n) is 12.4. The van der Waals surface area contributed by atoms with Crippen molar-refractivity contribution in [1.29, 1.82) is 0 Å². The third-order valence-corrected chi connectivity index (χ3v) is 6.40. The summed E-state index contributed by atoms with van der Waals surface area (Å²) in [5, 5.41) is 3.18. The number of nitrogens with one attached hydrogen (secondary N) is 1. The Hall–Kier alpha value is -3.02. The molecule has 0 spiro atoms. The number of amides is 2. The van der Waals surface area contributed by atoms with Gasteiger partial charge in [-0.2, -0.15) is 0 Å². The first kappa shape index (κ1) is 25.6. The third kappa shape index (κ3) is 7.51. The van der Waals surface area contributed by atoms with Gasteiger partial charge < -0.3 is 19.7 Å². The predicted molar refractivity (Wildman–Crippen MR) is 134 cm³/mol. The molecule has 184 valence electrons. The lowest BCUT2D eigenvalue weighted by Crippen LogP contribution is -2.50. The summed E-state index contributed by atoms with van der Waals surface area (Å²) in [5.41, 5.74) is 2.12. The van der Waals surface area contributed by atoms with Gasteiger partial charge in [-0.15, -0.1) is 0 Å². The first-order chi connectivity index (χ1) is 16.5. The minimum Gasteiger partial charge on any atom is -0.497 e. The summed E-state index contributed by atoms with van der Waals surface area (Å²) < 4.78 is 11.1. The lowest BCUT2D eigenvalue weighted by Gasteiger charge is -2.31. The Morgan fingerprint density at radius 3 is 2.50 bits per heavy atom. The fourth-order valence-corrected chi connectivity index (χ4v) is 4.45. The van der Waals surface area contributed by atoms with Gasteiger partial charge in [0.2, 0.25) is 11.8 Å². The summed E-state index contributed by atoms with van der Waals surface area (Å²) >= 11 is 0. The molecule has 0 unspecified atom stereocenters. The highest BCUT2D eigenvalue weighted by molar-refractivity contribution is 5.87. The normalized spacial score (nSPS) is 14.4. The van der Waals surface area contributed by atoms with Gasteiger partial charge in [-0.3, -0.25) is 9.59 Å². The smallest absolute Gasteiger partial charge is 0.243 e. The maximum absolute atomic E-state index is 13.4. The maximum atomic E-state index is 13.4. The fourth-order valence-electron chi connectivity index (χ4n) is 4.45. The molecule has 6 heteroatoms. The van der Waals surface area contributed by atoms with Gasteiger partial charge >= 0.3 is 0 Å². The standard InChI is InChI=1S/C28H38N2O4/c1-4-26(28(32)29-23-10-5-6-11-23)30(20-22-9-7-12-25(19-22)33-3)27(31)13-8-18-34-24-16-14-21(2)15-17-24/h7,9,12,14-17,19,23,26H,4-6,8,10-11,13,18,20H2,1-3H3,(H,29,32)/t26-/m1/s1. The van der Waals surface area contributed by atoms with E-state index in [1.165, 1.54) is 5.56 Å². The summed E-state index contributed by atoms with van der Waals surface area (Å²) in [6.07, 6.45) is 5.80. The van der Waals surface area contributed by atoms with Gasteiger partial charge in [-0.25, -0.2) is 0 Å². The van der Waals surface area contributed by atoms with E-state index < -0.39 is 6.04 Å². The molecule has 1 fully saturated rings. The van der Waals surface area contributed by atoms with Gasteiger partial charge in [-0.05, 0) is 62.4 Å². The van der Waals surface area contributed by atoms with E-state index in [0.29, 0.717) is 32.4 Å². The van der Waals surface area contributed by atoms with Gasteiger partial charge in [0.25, 0.3) is 0 Å². The zero-order valence-electron chi connectivity index (χ0n) is 20.7. The Bertz CT molecular complexity index is 922. The van der Waals surface area contributed by atoms with Crippen LogP contribution >= 0.6 is 0 Å². The molecule has 1 atom stereocenters. The van der Waals surface area contributed by atoms with E-state index in [1.807, 2.05) is 62.4 Å². The number of carbonyl (C=O) groups excluding carboxylic acids is 2. The average Bonchev–Trinajstić information content (AvgIpc) is 3.35. The lowest BCUT2D eigenvalue weighted by molar-refractivity contribution is -0.141. The first-order valence-corrected chi connectivity index (χ1v) is 12.4. The van der Waals surface area contributed by atoms with Gasteiger partial charge in [0.05, 0.1) is 13.7 Å². The molecule has 34 heavy (non-hydrogen) atoms. The molecule has 3 rings (SSSR count). The Labute approximate surface area is 203 Å². The van der Waals surface area contributed by atoms with Crippen LogP contribution in [0.15, 0.2) is 48.5 Å². The quantitative estimate of drug-likeness (QED) is 0.446. The number of rotatable bonds is 12. The van der Waals surface area contributed by atoms with Crippen molar-refractivity contribution in [1.82, 2.24) is 10.2 Å². The monoisotopic (exact) mass is 466 g/mol. The van der Waals surface area contributed by atoms with Crippen molar-refractivity contribution >= 4 is 11.8 Å². The van der Waals surface area contributed by atoms with Crippen LogP contribution in [0.5, 0.6) is 11.5 Å². The van der Waals surface area contributed by atoms with Crippen LogP contribution in [0.2, 0.25) is 0 Å². The Morgan fingerprint density at radius 1 is 1.09 bits per heavy atom. The number of benzene rings is 2. The highest BCUT2D eigenvalue weighted by atomic mass is 16.5. The van der Waals surface area contributed by atoms with Crippen LogP contribution in [-0.4, -0.2) is 42.5 Å². The topological polar surface area (TPSA) is 67.9 Å². The van der Waals surface area contributed by atoms with Crippen LogP contribution in [0.1, 0.15) is 63.0 Å². The molecule has 2 aromatic rings. The Morgan fingerprint density at radius 2 is 1.82 bits per heavy atom. The molecule has 1 aliphatic carbocycles. The molecular formula is C28H38N2O4. The van der Waals surface area contributed by atoms with E-state index >= 15 is 0 Å². The molecule has 2 aromatic carbocycles. The molecular weight excluding hydrogens is 428 g/mol. The van der Waals surface area contributed by atoms with Crippen molar-refractivity contribution in [2.45, 2.75) is 77.4 Å². The molecule has 1 saturated carbocycles. The maximum Gasteiger partial charge on any atom is 0.243 e. The number of carbonyl (C=O) groups is 2. The van der Waals surface area contributed by atoms with E-state index in [-0.39, 0.29) is 17.9 Å². The second kappa shape index (κ2) is 13.0. The molecule has 1 N–H and O–H groups in total. The van der Waals surface area contributed by atoms with Gasteiger partial charge in [0, 0.05) is 19.0 Å². The van der Waals surface area contributed by atoms with Gasteiger partial charge in [0.15, 0.2) is 0 Å². The summed E-state index contributed by atoms with van der Waals surface area (Å²) in [5.74, 6) is 1.44. The summed E-state index contributed by atoms with van der Waals surface area (Å²) in [6, 6.07) is 15.3. The highest BCUT2D eigenvalue weighted by Gasteiger charge is 2.30. The van der Waals surface area contributed by atoms with Crippen LogP contribution in [0, 0.1) is 6.92 Å². The van der Waals surface area contributed by atoms with Crippen LogP contribution in [-0.2, 0) is 16.1 Å². The molecule has 2 amide bonds. The van der Waals surface area contributed by atoms with E-state index in [1.54, 1.807) is 12.0 Å². The van der Waals surface area contributed by atoms with Crippen LogP contribution in [0.4, 0.5) is 0 Å².